The van der Waals surface area contributed by atoms with Gasteiger partial charge < -0.3 is 16.2 Å². The summed E-state index contributed by atoms with van der Waals surface area (Å²) in [4.78, 5) is 12.3. The van der Waals surface area contributed by atoms with Crippen molar-refractivity contribution < 1.29 is 18.3 Å². The van der Waals surface area contributed by atoms with Crippen LogP contribution in [0.2, 0.25) is 0 Å². The average molecular weight is 431 g/mol. The maximum absolute atomic E-state index is 14.8. The minimum atomic E-state index is -1.13. The molecule has 31 heavy (non-hydrogen) atoms. The molecule has 4 nitrogen and oxygen atoms in total. The number of unbranched alkanes of at least 4 members (excludes halogenated alkanes) is 3. The van der Waals surface area contributed by atoms with E-state index in [1.807, 2.05) is 0 Å². The molecular formula is C25H32F2N2O2. The fourth-order valence-electron chi connectivity index (χ4n) is 4.52. The minimum Gasteiger partial charge on any atom is -0.420 e. The molecule has 0 unspecified atom stereocenters. The number of anilines is 2. The van der Waals surface area contributed by atoms with Gasteiger partial charge in [-0.05, 0) is 67.3 Å². The Morgan fingerprint density at radius 1 is 0.968 bits per heavy atom. The van der Waals surface area contributed by atoms with Crippen LogP contribution in [0, 0.1) is 17.6 Å². The first-order valence-electron chi connectivity index (χ1n) is 11.2. The Hall–Kier alpha value is -2.63. The zero-order valence-corrected chi connectivity index (χ0v) is 18.1. The number of hydrogen-bond acceptors (Lipinski definition) is 4. The Labute approximate surface area is 183 Å². The van der Waals surface area contributed by atoms with Crippen LogP contribution in [0.1, 0.15) is 86.6 Å². The Bertz CT molecular complexity index is 888. The second kappa shape index (κ2) is 10.6. The molecule has 0 amide bonds. The number of carbonyl (C=O) groups excluding carboxylic acids is 1. The van der Waals surface area contributed by atoms with Crippen molar-refractivity contribution in [3.05, 3.63) is 53.1 Å². The van der Waals surface area contributed by atoms with Crippen molar-refractivity contribution in [2.45, 2.75) is 70.6 Å². The van der Waals surface area contributed by atoms with Crippen LogP contribution in [0.25, 0.3) is 0 Å². The standard InChI is InChI=1S/C25H32F2N2O2/c1-2-3-4-5-6-16-7-9-17(10-8-16)21-11-12-22(24(27)23(21)26)31-25(30)18-13-19(28)15-20(29)14-18/h11-17H,2-10,28-29H2,1H3. The molecule has 2 aromatic carbocycles. The van der Waals surface area contributed by atoms with Crippen LogP contribution in [0.3, 0.4) is 0 Å². The van der Waals surface area contributed by atoms with E-state index in [0.717, 1.165) is 25.7 Å². The lowest BCUT2D eigenvalue weighted by Crippen LogP contribution is -2.16. The van der Waals surface area contributed by atoms with E-state index in [1.165, 1.54) is 56.4 Å². The molecule has 0 heterocycles. The highest BCUT2D eigenvalue weighted by atomic mass is 19.2. The first-order chi connectivity index (χ1) is 14.9. The summed E-state index contributed by atoms with van der Waals surface area (Å²) in [5.41, 5.74) is 12.4. The Balaban J connectivity index is 1.62. The third kappa shape index (κ3) is 5.96. The number of esters is 1. The van der Waals surface area contributed by atoms with Crippen LogP contribution in [0.5, 0.6) is 5.75 Å². The van der Waals surface area contributed by atoms with Crippen molar-refractivity contribution in [3.8, 4) is 5.75 Å². The van der Waals surface area contributed by atoms with E-state index in [1.54, 1.807) is 6.07 Å². The highest BCUT2D eigenvalue weighted by molar-refractivity contribution is 5.93. The van der Waals surface area contributed by atoms with Crippen LogP contribution < -0.4 is 16.2 Å². The summed E-state index contributed by atoms with van der Waals surface area (Å²) < 4.78 is 34.6. The van der Waals surface area contributed by atoms with Crippen LogP contribution >= 0.6 is 0 Å². The smallest absolute Gasteiger partial charge is 0.343 e. The molecule has 1 fully saturated rings. The SMILES string of the molecule is CCCCCCC1CCC(c2ccc(OC(=O)c3cc(N)cc(N)c3)c(F)c2F)CC1. The Morgan fingerprint density at radius 2 is 1.65 bits per heavy atom. The van der Waals surface area contributed by atoms with Crippen LogP contribution in [0.15, 0.2) is 30.3 Å². The number of carbonyl (C=O) groups is 1. The van der Waals surface area contributed by atoms with Gasteiger partial charge in [0.2, 0.25) is 5.82 Å². The first-order valence-corrected chi connectivity index (χ1v) is 11.2. The topological polar surface area (TPSA) is 78.3 Å². The summed E-state index contributed by atoms with van der Waals surface area (Å²) in [5, 5.41) is 0. The molecule has 1 aliphatic carbocycles. The second-order valence-corrected chi connectivity index (χ2v) is 8.63. The zero-order valence-electron chi connectivity index (χ0n) is 18.1. The number of hydrogen-bond donors (Lipinski definition) is 2. The van der Waals surface area contributed by atoms with Crippen molar-refractivity contribution in [3.63, 3.8) is 0 Å². The van der Waals surface area contributed by atoms with Gasteiger partial charge in [-0.3, -0.25) is 0 Å². The largest absolute Gasteiger partial charge is 0.420 e. The number of nitrogens with two attached hydrogens (primary N) is 2. The monoisotopic (exact) mass is 430 g/mol. The molecule has 1 aliphatic rings. The lowest BCUT2D eigenvalue weighted by atomic mass is 9.77. The number of nitrogen functional groups attached to an aromatic ring is 2. The molecule has 4 N–H and O–H groups in total. The van der Waals surface area contributed by atoms with E-state index in [0.29, 0.717) is 11.5 Å². The van der Waals surface area contributed by atoms with E-state index in [-0.39, 0.29) is 22.9 Å². The third-order valence-corrected chi connectivity index (χ3v) is 6.25. The molecular weight excluding hydrogens is 398 g/mol. The van der Waals surface area contributed by atoms with Gasteiger partial charge in [-0.25, -0.2) is 9.18 Å². The summed E-state index contributed by atoms with van der Waals surface area (Å²) in [6.45, 7) is 2.21. The molecule has 0 spiro atoms. The first kappa shape index (κ1) is 23.0. The molecule has 3 rings (SSSR count). The fourth-order valence-corrected chi connectivity index (χ4v) is 4.52. The maximum Gasteiger partial charge on any atom is 0.343 e. The van der Waals surface area contributed by atoms with Crippen LogP contribution in [0.4, 0.5) is 20.2 Å². The van der Waals surface area contributed by atoms with Gasteiger partial charge in [-0.1, -0.05) is 45.1 Å². The fraction of sp³-hybridized carbons (Fsp3) is 0.480. The molecule has 0 saturated heterocycles. The zero-order chi connectivity index (χ0) is 22.4. The van der Waals surface area contributed by atoms with Gasteiger partial charge in [0.25, 0.3) is 0 Å². The van der Waals surface area contributed by atoms with Gasteiger partial charge in [-0.2, -0.15) is 4.39 Å². The maximum atomic E-state index is 14.8. The van der Waals surface area contributed by atoms with Gasteiger partial charge in [0.1, 0.15) is 0 Å². The van der Waals surface area contributed by atoms with Crippen molar-refractivity contribution in [2.24, 2.45) is 5.92 Å². The van der Waals surface area contributed by atoms with Gasteiger partial charge in [0.15, 0.2) is 11.6 Å². The molecule has 168 valence electrons. The van der Waals surface area contributed by atoms with Crippen molar-refractivity contribution in [2.75, 3.05) is 11.5 Å². The minimum absolute atomic E-state index is 0.000127. The highest BCUT2D eigenvalue weighted by Gasteiger charge is 2.27. The van der Waals surface area contributed by atoms with Gasteiger partial charge >= 0.3 is 5.97 Å². The second-order valence-electron chi connectivity index (χ2n) is 8.63. The van der Waals surface area contributed by atoms with Gasteiger partial charge in [0.05, 0.1) is 5.56 Å². The quantitative estimate of drug-likeness (QED) is 0.214. The molecule has 0 aromatic heterocycles. The molecule has 0 atom stereocenters. The summed E-state index contributed by atoms with van der Waals surface area (Å²) in [6, 6.07) is 7.12. The summed E-state index contributed by atoms with van der Waals surface area (Å²) in [7, 11) is 0. The van der Waals surface area contributed by atoms with E-state index in [2.05, 4.69) is 6.92 Å². The molecule has 0 bridgehead atoms. The predicted molar refractivity (Wildman–Crippen MR) is 120 cm³/mol. The molecule has 1 saturated carbocycles. The molecule has 6 heteroatoms. The average Bonchev–Trinajstić information content (AvgIpc) is 2.74. The Kier molecular flexibility index (Phi) is 7.88. The summed E-state index contributed by atoms with van der Waals surface area (Å²) in [5.74, 6) is -2.65. The lowest BCUT2D eigenvalue weighted by molar-refractivity contribution is 0.0726. The van der Waals surface area contributed by atoms with Gasteiger partial charge in [-0.15, -0.1) is 0 Å². The van der Waals surface area contributed by atoms with Crippen molar-refractivity contribution in [1.82, 2.24) is 0 Å². The molecule has 0 aliphatic heterocycles. The normalized spacial score (nSPS) is 18.7. The molecule has 0 radical (unpaired) electrons. The number of halogens is 2. The van der Waals surface area contributed by atoms with E-state index in [4.69, 9.17) is 16.2 Å². The number of rotatable bonds is 8. The lowest BCUT2D eigenvalue weighted by Gasteiger charge is -2.29. The van der Waals surface area contributed by atoms with Gasteiger partial charge in [0, 0.05) is 11.4 Å². The highest BCUT2D eigenvalue weighted by Crippen LogP contribution is 2.40. The summed E-state index contributed by atoms with van der Waals surface area (Å²) >= 11 is 0. The number of benzene rings is 2. The Morgan fingerprint density at radius 3 is 2.29 bits per heavy atom. The summed E-state index contributed by atoms with van der Waals surface area (Å²) in [6.07, 6.45) is 10.1. The van der Waals surface area contributed by atoms with Crippen LogP contribution in [-0.4, -0.2) is 5.97 Å². The van der Waals surface area contributed by atoms with Crippen molar-refractivity contribution >= 4 is 17.3 Å². The predicted octanol–water partition coefficient (Wildman–Crippen LogP) is 6.59. The number of ether oxygens (including phenoxy) is 1. The third-order valence-electron chi connectivity index (χ3n) is 6.25. The van der Waals surface area contributed by atoms with Crippen molar-refractivity contribution in [1.29, 1.82) is 0 Å². The van der Waals surface area contributed by atoms with Crippen LogP contribution in [-0.2, 0) is 0 Å². The van der Waals surface area contributed by atoms with E-state index >= 15 is 0 Å². The van der Waals surface area contributed by atoms with E-state index < -0.39 is 23.4 Å². The molecule has 2 aromatic rings. The van der Waals surface area contributed by atoms with E-state index in [9.17, 15) is 13.6 Å².